The molecule has 144 valence electrons. The molecule has 28 heavy (non-hydrogen) atoms. The van der Waals surface area contributed by atoms with Gasteiger partial charge in [-0.05, 0) is 40.8 Å². The van der Waals surface area contributed by atoms with Crippen LogP contribution in [0.4, 0.5) is 15.8 Å². The lowest BCUT2D eigenvalue weighted by atomic mass is 9.86. The van der Waals surface area contributed by atoms with E-state index >= 15 is 0 Å². The first-order chi connectivity index (χ1) is 13.3. The van der Waals surface area contributed by atoms with Gasteiger partial charge in [0.1, 0.15) is 5.82 Å². The molecule has 0 unspecified atom stereocenters. The van der Waals surface area contributed by atoms with Crippen LogP contribution >= 0.6 is 0 Å². The molecule has 0 aliphatic carbocycles. The van der Waals surface area contributed by atoms with Crippen LogP contribution in [0.3, 0.4) is 0 Å². The van der Waals surface area contributed by atoms with Gasteiger partial charge in [0.2, 0.25) is 0 Å². The minimum atomic E-state index is -0.298. The Balaban J connectivity index is 1.72. The summed E-state index contributed by atoms with van der Waals surface area (Å²) >= 11 is 0. The molecule has 1 amide bonds. The van der Waals surface area contributed by atoms with Gasteiger partial charge in [0.15, 0.2) is 0 Å². The van der Waals surface area contributed by atoms with Gasteiger partial charge in [-0.25, -0.2) is 4.39 Å². The van der Waals surface area contributed by atoms with Crippen molar-refractivity contribution in [3.05, 3.63) is 89.5 Å². The van der Waals surface area contributed by atoms with E-state index in [1.807, 2.05) is 18.2 Å². The zero-order chi connectivity index (χ0) is 20.1. The highest BCUT2D eigenvalue weighted by atomic mass is 19.1. The number of amides is 1. The normalized spacial score (nSPS) is 11.1. The summed E-state index contributed by atoms with van der Waals surface area (Å²) in [7, 11) is 0. The van der Waals surface area contributed by atoms with Crippen molar-refractivity contribution < 1.29 is 9.18 Å². The second-order valence-corrected chi connectivity index (χ2v) is 7.69. The number of carbonyl (C=O) groups is 1. The summed E-state index contributed by atoms with van der Waals surface area (Å²) in [6, 6.07) is 15.9. The third-order valence-corrected chi connectivity index (χ3v) is 4.38. The molecule has 2 N–H and O–H groups in total. The van der Waals surface area contributed by atoms with E-state index in [9.17, 15) is 9.18 Å². The number of aromatic nitrogens is 1. The van der Waals surface area contributed by atoms with E-state index in [0.29, 0.717) is 12.1 Å². The van der Waals surface area contributed by atoms with Crippen LogP contribution in [-0.2, 0) is 12.0 Å². The monoisotopic (exact) mass is 377 g/mol. The minimum absolute atomic E-state index is 0.0127. The van der Waals surface area contributed by atoms with E-state index in [2.05, 4.69) is 42.5 Å². The number of hydrogen-bond donors (Lipinski definition) is 2. The topological polar surface area (TPSA) is 54.0 Å². The van der Waals surface area contributed by atoms with Crippen molar-refractivity contribution >= 4 is 17.3 Å². The third-order valence-electron chi connectivity index (χ3n) is 4.38. The van der Waals surface area contributed by atoms with Crippen molar-refractivity contribution in [2.45, 2.75) is 32.7 Å². The second-order valence-electron chi connectivity index (χ2n) is 7.69. The molecule has 0 fully saturated rings. The summed E-state index contributed by atoms with van der Waals surface area (Å²) in [5.74, 6) is -0.529. The highest BCUT2D eigenvalue weighted by molar-refractivity contribution is 5.94. The van der Waals surface area contributed by atoms with E-state index in [1.54, 1.807) is 24.4 Å². The minimum Gasteiger partial charge on any atom is -0.354 e. The quantitative estimate of drug-likeness (QED) is 0.643. The zero-order valence-corrected chi connectivity index (χ0v) is 16.3. The molecular formula is C23H24FN3O. The molecule has 1 heterocycles. The maximum absolute atomic E-state index is 13.0. The number of pyridine rings is 1. The van der Waals surface area contributed by atoms with Gasteiger partial charge >= 0.3 is 0 Å². The fourth-order valence-electron chi connectivity index (χ4n) is 2.92. The summed E-state index contributed by atoms with van der Waals surface area (Å²) in [6.07, 6.45) is 3.22. The molecule has 0 aliphatic heterocycles. The lowest BCUT2D eigenvalue weighted by Gasteiger charge is -2.23. The Bertz CT molecular complexity index is 962. The number of nitrogens with zero attached hydrogens (tertiary/aromatic N) is 1. The molecule has 0 saturated heterocycles. The average molecular weight is 377 g/mol. The Labute approximate surface area is 164 Å². The number of hydrogen-bond acceptors (Lipinski definition) is 3. The zero-order valence-electron chi connectivity index (χ0n) is 16.3. The van der Waals surface area contributed by atoms with Crippen molar-refractivity contribution in [1.29, 1.82) is 0 Å². The molecule has 0 radical (unpaired) electrons. The molecule has 4 nitrogen and oxygen atoms in total. The number of carbonyl (C=O) groups excluding carboxylic acids is 1. The molecule has 0 bridgehead atoms. The van der Waals surface area contributed by atoms with Crippen LogP contribution in [0.2, 0.25) is 0 Å². The Kier molecular flexibility index (Phi) is 5.73. The number of nitrogens with one attached hydrogen (secondary N) is 2. The standard InChI is InChI=1S/C23H24FN3O/c1-23(2,3)20-6-4-5-7-21(20)27-19-12-17(14-25-15-19)22(28)26-13-16-8-10-18(24)11-9-16/h4-12,14-15,27H,13H2,1-3H3,(H,26,28). The van der Waals surface area contributed by atoms with Gasteiger partial charge in [-0.2, -0.15) is 0 Å². The number of halogens is 1. The van der Waals surface area contributed by atoms with E-state index in [4.69, 9.17) is 0 Å². The molecule has 1 aromatic heterocycles. The van der Waals surface area contributed by atoms with Crippen LogP contribution < -0.4 is 10.6 Å². The maximum Gasteiger partial charge on any atom is 0.253 e. The van der Waals surface area contributed by atoms with Crippen molar-refractivity contribution in [3.63, 3.8) is 0 Å². The van der Waals surface area contributed by atoms with Crippen molar-refractivity contribution in [3.8, 4) is 0 Å². The summed E-state index contributed by atoms with van der Waals surface area (Å²) < 4.78 is 13.0. The smallest absolute Gasteiger partial charge is 0.253 e. The number of benzene rings is 2. The summed E-state index contributed by atoms with van der Waals surface area (Å²) in [5.41, 5.74) is 4.19. The van der Waals surface area contributed by atoms with E-state index < -0.39 is 0 Å². The molecule has 0 saturated carbocycles. The fourth-order valence-corrected chi connectivity index (χ4v) is 2.92. The average Bonchev–Trinajstić information content (AvgIpc) is 2.67. The van der Waals surface area contributed by atoms with Gasteiger partial charge in [0, 0.05) is 18.4 Å². The van der Waals surface area contributed by atoms with Gasteiger partial charge in [-0.15, -0.1) is 0 Å². The first kappa shape index (κ1) is 19.5. The number of para-hydroxylation sites is 1. The molecule has 0 spiro atoms. The van der Waals surface area contributed by atoms with E-state index in [1.165, 1.54) is 23.9 Å². The molecular weight excluding hydrogens is 353 g/mol. The predicted octanol–water partition coefficient (Wildman–Crippen LogP) is 5.19. The highest BCUT2D eigenvalue weighted by Gasteiger charge is 2.17. The Morgan fingerprint density at radius 3 is 2.46 bits per heavy atom. The van der Waals surface area contributed by atoms with E-state index in [-0.39, 0.29) is 17.1 Å². The van der Waals surface area contributed by atoms with Gasteiger partial charge in [-0.3, -0.25) is 9.78 Å². The molecule has 3 aromatic rings. The highest BCUT2D eigenvalue weighted by Crippen LogP contribution is 2.31. The first-order valence-electron chi connectivity index (χ1n) is 9.17. The van der Waals surface area contributed by atoms with Crippen LogP contribution in [0.5, 0.6) is 0 Å². The Morgan fingerprint density at radius 2 is 1.75 bits per heavy atom. The summed E-state index contributed by atoms with van der Waals surface area (Å²) in [6.45, 7) is 6.80. The van der Waals surface area contributed by atoms with Gasteiger partial charge < -0.3 is 10.6 Å². The molecule has 5 heteroatoms. The molecule has 3 rings (SSSR count). The maximum atomic E-state index is 13.0. The lowest BCUT2D eigenvalue weighted by molar-refractivity contribution is 0.0950. The lowest BCUT2D eigenvalue weighted by Crippen LogP contribution is -2.23. The number of rotatable bonds is 5. The van der Waals surface area contributed by atoms with Gasteiger partial charge in [0.25, 0.3) is 5.91 Å². The van der Waals surface area contributed by atoms with Gasteiger partial charge in [-0.1, -0.05) is 51.1 Å². The fraction of sp³-hybridized carbons (Fsp3) is 0.217. The van der Waals surface area contributed by atoms with Crippen molar-refractivity contribution in [2.24, 2.45) is 0 Å². The van der Waals surface area contributed by atoms with Crippen LogP contribution in [0, 0.1) is 5.82 Å². The molecule has 0 aliphatic rings. The predicted molar refractivity (Wildman–Crippen MR) is 110 cm³/mol. The van der Waals surface area contributed by atoms with Crippen LogP contribution in [0.1, 0.15) is 42.3 Å². The third kappa shape index (κ3) is 4.94. The SMILES string of the molecule is CC(C)(C)c1ccccc1Nc1cncc(C(=O)NCc2ccc(F)cc2)c1. The van der Waals surface area contributed by atoms with Crippen LogP contribution in [-0.4, -0.2) is 10.9 Å². The summed E-state index contributed by atoms with van der Waals surface area (Å²) in [5, 5.41) is 6.20. The second kappa shape index (κ2) is 8.21. The summed E-state index contributed by atoms with van der Waals surface area (Å²) in [4.78, 5) is 16.7. The van der Waals surface area contributed by atoms with Crippen LogP contribution in [0.25, 0.3) is 0 Å². The largest absolute Gasteiger partial charge is 0.354 e. The molecule has 0 atom stereocenters. The van der Waals surface area contributed by atoms with Crippen molar-refractivity contribution in [1.82, 2.24) is 10.3 Å². The number of anilines is 2. The molecule has 2 aromatic carbocycles. The van der Waals surface area contributed by atoms with Crippen molar-refractivity contribution in [2.75, 3.05) is 5.32 Å². The Morgan fingerprint density at radius 1 is 1.04 bits per heavy atom. The Hall–Kier alpha value is -3.21. The van der Waals surface area contributed by atoms with Gasteiger partial charge in [0.05, 0.1) is 17.4 Å². The van der Waals surface area contributed by atoms with E-state index in [0.717, 1.165) is 16.9 Å². The van der Waals surface area contributed by atoms with Crippen LogP contribution in [0.15, 0.2) is 67.0 Å². The first-order valence-corrected chi connectivity index (χ1v) is 9.17.